The van der Waals surface area contributed by atoms with Crippen LogP contribution in [0, 0.1) is 0 Å². The standard InChI is InChI=1S/C4H9F3P/c1-4(2,3)8(5,6)7/h1-3H3/q+1. The van der Waals surface area contributed by atoms with Crippen molar-refractivity contribution in [2.45, 2.75) is 25.9 Å². The molecule has 0 aliphatic rings. The maximum Gasteiger partial charge on any atom is 0.574 e. The van der Waals surface area contributed by atoms with Crippen molar-refractivity contribution in [3.05, 3.63) is 0 Å². The fraction of sp³-hybridized carbons (Fsp3) is 1.00. The fourth-order valence-corrected chi connectivity index (χ4v) is 0. The molecule has 50 valence electrons. The minimum Gasteiger partial charge on any atom is -0.0170 e. The van der Waals surface area contributed by atoms with Crippen molar-refractivity contribution in [1.82, 2.24) is 0 Å². The third kappa shape index (κ3) is 1.99. The molecule has 0 N–H and O–H groups in total. The Bertz CT molecular complexity index is 66.3. The van der Waals surface area contributed by atoms with Gasteiger partial charge in [-0.1, -0.05) is 0 Å². The van der Waals surface area contributed by atoms with E-state index < -0.39 is 13.4 Å². The Labute approximate surface area is 47.8 Å². The summed E-state index contributed by atoms with van der Waals surface area (Å²) in [7, 11) is -5.10. The molecule has 8 heavy (non-hydrogen) atoms. The van der Waals surface area contributed by atoms with Crippen molar-refractivity contribution >= 4 is 8.19 Å². The summed E-state index contributed by atoms with van der Waals surface area (Å²) in [6.45, 7) is 3.59. The van der Waals surface area contributed by atoms with Crippen LogP contribution in [0.15, 0.2) is 0 Å². The van der Waals surface area contributed by atoms with Crippen molar-refractivity contribution in [2.75, 3.05) is 0 Å². The lowest BCUT2D eigenvalue weighted by Gasteiger charge is -2.09. The van der Waals surface area contributed by atoms with Gasteiger partial charge in [-0.2, -0.15) is 0 Å². The molecule has 0 nitrogen and oxygen atoms in total. The quantitative estimate of drug-likeness (QED) is 0.458. The Morgan fingerprint density at radius 1 is 1.00 bits per heavy atom. The molecule has 0 atom stereocenters. The molecule has 0 saturated heterocycles. The van der Waals surface area contributed by atoms with E-state index in [1.807, 2.05) is 0 Å². The first-order valence-corrected chi connectivity index (χ1v) is 3.69. The second-order valence-corrected chi connectivity index (χ2v) is 4.85. The molecule has 0 bridgehead atoms. The Morgan fingerprint density at radius 2 is 1.12 bits per heavy atom. The van der Waals surface area contributed by atoms with E-state index in [9.17, 15) is 12.6 Å². The maximum absolute atomic E-state index is 11.7. The van der Waals surface area contributed by atoms with Crippen LogP contribution >= 0.6 is 8.19 Å². The number of rotatable bonds is 0. The summed E-state index contributed by atoms with van der Waals surface area (Å²) in [5.74, 6) is 0. The first-order chi connectivity index (χ1) is 3.25. The lowest BCUT2D eigenvalue weighted by atomic mass is 10.3. The molecular formula is C4H9F3P+. The molecule has 0 rings (SSSR count). The Morgan fingerprint density at radius 3 is 1.12 bits per heavy atom. The van der Waals surface area contributed by atoms with E-state index in [1.165, 1.54) is 20.8 Å². The predicted octanol–water partition coefficient (Wildman–Crippen LogP) is 3.46. The zero-order valence-electron chi connectivity index (χ0n) is 5.08. The zero-order valence-corrected chi connectivity index (χ0v) is 5.98. The largest absolute Gasteiger partial charge is 0.574 e. The van der Waals surface area contributed by atoms with Gasteiger partial charge >= 0.3 is 8.19 Å². The van der Waals surface area contributed by atoms with Gasteiger partial charge in [0.2, 0.25) is 0 Å². The Kier molecular flexibility index (Phi) is 1.92. The van der Waals surface area contributed by atoms with Crippen molar-refractivity contribution in [2.24, 2.45) is 0 Å². The van der Waals surface area contributed by atoms with E-state index >= 15 is 0 Å². The third-order valence-corrected chi connectivity index (χ3v) is 2.28. The summed E-state index contributed by atoms with van der Waals surface area (Å²) in [4.78, 5) is 0. The summed E-state index contributed by atoms with van der Waals surface area (Å²) in [5.41, 5.74) is 0. The Hall–Kier alpha value is 0.220. The van der Waals surface area contributed by atoms with Crippen LogP contribution in [-0.4, -0.2) is 5.16 Å². The topological polar surface area (TPSA) is 0 Å². The van der Waals surface area contributed by atoms with E-state index in [0.717, 1.165) is 0 Å². The van der Waals surface area contributed by atoms with Gasteiger partial charge in [0.05, 0.1) is 0 Å². The van der Waals surface area contributed by atoms with E-state index in [2.05, 4.69) is 0 Å². The van der Waals surface area contributed by atoms with Crippen molar-refractivity contribution in [3.8, 4) is 0 Å². The van der Waals surface area contributed by atoms with Gasteiger partial charge in [-0.25, -0.2) is 0 Å². The minimum absolute atomic E-state index is 1.20. The number of hydrogen-bond acceptors (Lipinski definition) is 0. The molecule has 0 radical (unpaired) electrons. The van der Waals surface area contributed by atoms with Gasteiger partial charge in [-0.05, 0) is 20.8 Å². The van der Waals surface area contributed by atoms with E-state index in [-0.39, 0.29) is 0 Å². The first kappa shape index (κ1) is 8.22. The highest BCUT2D eigenvalue weighted by atomic mass is 31.3. The summed E-state index contributed by atoms with van der Waals surface area (Å²) >= 11 is 0. The number of hydrogen-bond donors (Lipinski definition) is 0. The van der Waals surface area contributed by atoms with E-state index in [0.29, 0.717) is 0 Å². The van der Waals surface area contributed by atoms with Crippen LogP contribution in [0.2, 0.25) is 0 Å². The van der Waals surface area contributed by atoms with Crippen LogP contribution in [0.3, 0.4) is 0 Å². The molecule has 0 saturated carbocycles. The average Bonchev–Trinajstić information content (AvgIpc) is 1.25. The molecule has 0 heterocycles. The summed E-state index contributed by atoms with van der Waals surface area (Å²) < 4.78 is 35.0. The van der Waals surface area contributed by atoms with Gasteiger partial charge in [0, 0.05) is 12.6 Å². The Balaban J connectivity index is 4.02. The second-order valence-electron chi connectivity index (χ2n) is 2.62. The molecule has 4 heteroatoms. The van der Waals surface area contributed by atoms with Gasteiger partial charge in [-0.15, -0.1) is 0 Å². The van der Waals surface area contributed by atoms with Gasteiger partial charge in [0.15, 0.2) is 5.16 Å². The molecule has 0 spiro atoms. The lowest BCUT2D eigenvalue weighted by Crippen LogP contribution is -2.10. The van der Waals surface area contributed by atoms with Crippen LogP contribution in [0.1, 0.15) is 20.8 Å². The molecule has 0 aliphatic carbocycles. The highest BCUT2D eigenvalue weighted by molar-refractivity contribution is 7.61. The molecule has 0 unspecified atom stereocenters. The van der Waals surface area contributed by atoms with Gasteiger partial charge in [-0.3, -0.25) is 0 Å². The molecule has 0 aromatic rings. The zero-order chi connectivity index (χ0) is 7.00. The fourth-order valence-electron chi connectivity index (χ4n) is 0. The van der Waals surface area contributed by atoms with Gasteiger partial charge in [0.25, 0.3) is 0 Å². The normalized spacial score (nSPS) is 14.2. The van der Waals surface area contributed by atoms with Crippen molar-refractivity contribution in [1.29, 1.82) is 0 Å². The first-order valence-electron chi connectivity index (χ1n) is 2.23. The van der Waals surface area contributed by atoms with Gasteiger partial charge < -0.3 is 0 Å². The van der Waals surface area contributed by atoms with Gasteiger partial charge in [0.1, 0.15) is 0 Å². The SMILES string of the molecule is CC(C)(C)[P+](F)(F)F. The average molecular weight is 145 g/mol. The molecule has 0 amide bonds. The summed E-state index contributed by atoms with van der Waals surface area (Å²) in [6, 6.07) is 0. The monoisotopic (exact) mass is 145 g/mol. The molecule has 0 aliphatic heterocycles. The number of halogens is 3. The highest BCUT2D eigenvalue weighted by Gasteiger charge is 2.57. The molecule has 0 aromatic heterocycles. The van der Waals surface area contributed by atoms with Crippen LogP contribution < -0.4 is 0 Å². The van der Waals surface area contributed by atoms with Crippen LogP contribution in [0.25, 0.3) is 0 Å². The van der Waals surface area contributed by atoms with Crippen molar-refractivity contribution < 1.29 is 12.6 Å². The van der Waals surface area contributed by atoms with Crippen LogP contribution in [-0.2, 0) is 0 Å². The van der Waals surface area contributed by atoms with Crippen molar-refractivity contribution in [3.63, 3.8) is 0 Å². The summed E-state index contributed by atoms with van der Waals surface area (Å²) in [6.07, 6.45) is 0. The van der Waals surface area contributed by atoms with E-state index in [1.54, 1.807) is 0 Å². The predicted molar refractivity (Wildman–Crippen MR) is 30.0 cm³/mol. The smallest absolute Gasteiger partial charge is 0.0170 e. The minimum atomic E-state index is -5.10. The highest BCUT2D eigenvalue weighted by Crippen LogP contribution is 2.73. The van der Waals surface area contributed by atoms with E-state index in [4.69, 9.17) is 0 Å². The van der Waals surface area contributed by atoms with Crippen LogP contribution in [0.4, 0.5) is 12.6 Å². The maximum atomic E-state index is 11.7. The van der Waals surface area contributed by atoms with Crippen LogP contribution in [0.5, 0.6) is 0 Å². The summed E-state index contributed by atoms with van der Waals surface area (Å²) in [5, 5.41) is -1.45. The third-order valence-electron chi connectivity index (χ3n) is 0.761. The molecule has 0 fully saturated rings. The second kappa shape index (κ2) is 1.87. The molecular weight excluding hydrogens is 136 g/mol. The molecule has 0 aromatic carbocycles. The lowest BCUT2D eigenvalue weighted by molar-refractivity contribution is 0.511.